The highest BCUT2D eigenvalue weighted by atomic mass is 16.8. The minimum atomic E-state index is -0.251. The first-order chi connectivity index (χ1) is 9.47. The average Bonchev–Trinajstić information content (AvgIpc) is 2.45. The Balaban J connectivity index is 1.69. The lowest BCUT2D eigenvalue weighted by molar-refractivity contribution is -0.202. The highest BCUT2D eigenvalue weighted by Crippen LogP contribution is 2.39. The summed E-state index contributed by atoms with van der Waals surface area (Å²) in [5.41, 5.74) is 2.97. The van der Waals surface area contributed by atoms with Gasteiger partial charge < -0.3 is 4.74 Å². The second kappa shape index (κ2) is 6.90. The summed E-state index contributed by atoms with van der Waals surface area (Å²) in [6.07, 6.45) is 7.05. The lowest BCUT2D eigenvalue weighted by atomic mass is 9.70. The molecule has 1 unspecified atom stereocenters. The zero-order chi connectivity index (χ0) is 14.6. The molecule has 1 saturated carbocycles. The van der Waals surface area contributed by atoms with E-state index in [1.807, 2.05) is 0 Å². The van der Waals surface area contributed by atoms with Gasteiger partial charge in [-0.05, 0) is 49.9 Å². The van der Waals surface area contributed by atoms with Gasteiger partial charge in [0.15, 0.2) is 6.29 Å². The van der Waals surface area contributed by atoms with Crippen molar-refractivity contribution in [1.29, 1.82) is 0 Å². The molecule has 116 valence electrons. The van der Waals surface area contributed by atoms with Crippen LogP contribution in [0.3, 0.4) is 0 Å². The zero-order valence-corrected chi connectivity index (χ0v) is 13.1. The number of hydrogen-bond donors (Lipinski definition) is 1. The molecule has 1 heterocycles. The summed E-state index contributed by atoms with van der Waals surface area (Å²) in [6.45, 7) is 7.61. The number of carbonyl (C=O) groups excluding carboxylic acids is 1. The molecule has 1 saturated heterocycles. The standard InChI is InChI=1S/C16H29NO3/c1-16(2,3)13-9-7-12(8-10-13)15(18)17-20-14-6-4-5-11-19-14/h12-14H,4-11H2,1-3H3,(H,17,18). The summed E-state index contributed by atoms with van der Waals surface area (Å²) >= 11 is 0. The molecule has 0 aromatic rings. The van der Waals surface area contributed by atoms with Gasteiger partial charge in [-0.15, -0.1) is 0 Å². The van der Waals surface area contributed by atoms with Crippen molar-refractivity contribution in [3.8, 4) is 0 Å². The van der Waals surface area contributed by atoms with Crippen LogP contribution in [0.1, 0.15) is 65.7 Å². The number of carbonyl (C=O) groups is 1. The third-order valence-electron chi connectivity index (χ3n) is 4.75. The summed E-state index contributed by atoms with van der Waals surface area (Å²) in [5, 5.41) is 0. The van der Waals surface area contributed by atoms with E-state index in [0.717, 1.165) is 57.5 Å². The Labute approximate surface area is 122 Å². The number of hydrogen-bond acceptors (Lipinski definition) is 3. The quantitative estimate of drug-likeness (QED) is 0.807. The van der Waals surface area contributed by atoms with Gasteiger partial charge in [0.1, 0.15) is 0 Å². The summed E-state index contributed by atoms with van der Waals surface area (Å²) in [6, 6.07) is 0. The molecular weight excluding hydrogens is 254 g/mol. The van der Waals surface area contributed by atoms with E-state index in [0.29, 0.717) is 5.41 Å². The van der Waals surface area contributed by atoms with Crippen LogP contribution < -0.4 is 5.48 Å². The second-order valence-corrected chi connectivity index (χ2v) is 7.29. The molecule has 0 aromatic carbocycles. The van der Waals surface area contributed by atoms with Crippen molar-refractivity contribution >= 4 is 5.91 Å². The van der Waals surface area contributed by atoms with E-state index in [1.54, 1.807) is 0 Å². The number of amides is 1. The first-order valence-electron chi connectivity index (χ1n) is 8.04. The van der Waals surface area contributed by atoms with Gasteiger partial charge in [-0.1, -0.05) is 20.8 Å². The molecule has 2 fully saturated rings. The molecule has 1 aliphatic heterocycles. The molecule has 2 aliphatic rings. The van der Waals surface area contributed by atoms with E-state index in [2.05, 4.69) is 26.3 Å². The molecule has 1 amide bonds. The molecule has 20 heavy (non-hydrogen) atoms. The number of hydroxylamine groups is 1. The fourth-order valence-electron chi connectivity index (χ4n) is 3.23. The Hall–Kier alpha value is -0.610. The second-order valence-electron chi connectivity index (χ2n) is 7.29. The van der Waals surface area contributed by atoms with Crippen LogP contribution >= 0.6 is 0 Å². The fourth-order valence-corrected chi connectivity index (χ4v) is 3.23. The van der Waals surface area contributed by atoms with Crippen LogP contribution in [0.2, 0.25) is 0 Å². The van der Waals surface area contributed by atoms with Crippen LogP contribution in [-0.4, -0.2) is 18.8 Å². The van der Waals surface area contributed by atoms with Crippen LogP contribution in [0, 0.1) is 17.3 Å². The predicted molar refractivity (Wildman–Crippen MR) is 77.7 cm³/mol. The Morgan fingerprint density at radius 3 is 2.35 bits per heavy atom. The van der Waals surface area contributed by atoms with Crippen LogP contribution in [0.4, 0.5) is 0 Å². The summed E-state index contributed by atoms with van der Waals surface area (Å²) < 4.78 is 5.44. The molecule has 1 aliphatic carbocycles. The topological polar surface area (TPSA) is 47.6 Å². The molecule has 4 nitrogen and oxygen atoms in total. The molecule has 0 aromatic heterocycles. The van der Waals surface area contributed by atoms with E-state index in [4.69, 9.17) is 9.57 Å². The van der Waals surface area contributed by atoms with Gasteiger partial charge in [-0.3, -0.25) is 4.79 Å². The summed E-state index contributed by atoms with van der Waals surface area (Å²) in [5.74, 6) is 0.873. The molecular formula is C16H29NO3. The van der Waals surface area contributed by atoms with Crippen LogP contribution in [-0.2, 0) is 14.4 Å². The van der Waals surface area contributed by atoms with E-state index >= 15 is 0 Å². The van der Waals surface area contributed by atoms with Crippen molar-refractivity contribution in [2.75, 3.05) is 6.61 Å². The van der Waals surface area contributed by atoms with Crippen LogP contribution in [0.15, 0.2) is 0 Å². The monoisotopic (exact) mass is 283 g/mol. The first-order valence-corrected chi connectivity index (χ1v) is 8.04. The van der Waals surface area contributed by atoms with Crippen molar-refractivity contribution in [2.45, 2.75) is 72.0 Å². The Morgan fingerprint density at radius 2 is 1.80 bits per heavy atom. The van der Waals surface area contributed by atoms with Crippen LogP contribution in [0.5, 0.6) is 0 Å². The molecule has 1 atom stereocenters. The van der Waals surface area contributed by atoms with Crippen molar-refractivity contribution in [3.05, 3.63) is 0 Å². The highest BCUT2D eigenvalue weighted by molar-refractivity contribution is 5.77. The molecule has 0 bridgehead atoms. The largest absolute Gasteiger partial charge is 0.350 e. The Kier molecular flexibility index (Phi) is 5.44. The maximum atomic E-state index is 12.1. The Bertz CT molecular complexity index is 310. The number of ether oxygens (including phenoxy) is 1. The molecule has 2 rings (SSSR count). The lowest BCUT2D eigenvalue weighted by Gasteiger charge is -2.36. The lowest BCUT2D eigenvalue weighted by Crippen LogP contribution is -2.38. The number of rotatable bonds is 3. The molecule has 4 heteroatoms. The van der Waals surface area contributed by atoms with Crippen molar-refractivity contribution < 1.29 is 14.4 Å². The van der Waals surface area contributed by atoms with Crippen LogP contribution in [0.25, 0.3) is 0 Å². The molecule has 0 radical (unpaired) electrons. The minimum Gasteiger partial charge on any atom is -0.350 e. The van der Waals surface area contributed by atoms with E-state index in [9.17, 15) is 4.79 Å². The maximum absolute atomic E-state index is 12.1. The molecule has 1 N–H and O–H groups in total. The molecule has 0 spiro atoms. The van der Waals surface area contributed by atoms with Crippen molar-refractivity contribution in [1.82, 2.24) is 5.48 Å². The van der Waals surface area contributed by atoms with E-state index in [1.165, 1.54) is 0 Å². The average molecular weight is 283 g/mol. The van der Waals surface area contributed by atoms with Gasteiger partial charge in [-0.25, -0.2) is 10.3 Å². The van der Waals surface area contributed by atoms with Crippen molar-refractivity contribution in [2.24, 2.45) is 17.3 Å². The maximum Gasteiger partial charge on any atom is 0.246 e. The third kappa shape index (κ3) is 4.45. The summed E-state index contributed by atoms with van der Waals surface area (Å²) in [7, 11) is 0. The number of nitrogens with one attached hydrogen (secondary N) is 1. The van der Waals surface area contributed by atoms with Crippen molar-refractivity contribution in [3.63, 3.8) is 0 Å². The van der Waals surface area contributed by atoms with E-state index < -0.39 is 0 Å². The first kappa shape index (κ1) is 15.8. The Morgan fingerprint density at radius 1 is 1.10 bits per heavy atom. The normalized spacial score (nSPS) is 31.9. The predicted octanol–water partition coefficient (Wildman–Crippen LogP) is 3.41. The van der Waals surface area contributed by atoms with Gasteiger partial charge in [-0.2, -0.15) is 0 Å². The van der Waals surface area contributed by atoms with Gasteiger partial charge in [0.25, 0.3) is 0 Å². The zero-order valence-electron chi connectivity index (χ0n) is 13.1. The third-order valence-corrected chi connectivity index (χ3v) is 4.75. The fraction of sp³-hybridized carbons (Fsp3) is 0.938. The SMILES string of the molecule is CC(C)(C)C1CCC(C(=O)NOC2CCCCO2)CC1. The van der Waals surface area contributed by atoms with Gasteiger partial charge in [0, 0.05) is 18.9 Å². The van der Waals surface area contributed by atoms with Gasteiger partial charge in [0.2, 0.25) is 5.91 Å². The van der Waals surface area contributed by atoms with Gasteiger partial charge >= 0.3 is 0 Å². The van der Waals surface area contributed by atoms with Gasteiger partial charge in [0.05, 0.1) is 0 Å². The summed E-state index contributed by atoms with van der Waals surface area (Å²) in [4.78, 5) is 17.5. The minimum absolute atomic E-state index is 0.0338. The smallest absolute Gasteiger partial charge is 0.246 e. The van der Waals surface area contributed by atoms with E-state index in [-0.39, 0.29) is 18.1 Å². The highest BCUT2D eigenvalue weighted by Gasteiger charge is 2.32.